The van der Waals surface area contributed by atoms with Gasteiger partial charge < -0.3 is 10.0 Å². The Labute approximate surface area is 96.5 Å². The van der Waals surface area contributed by atoms with Gasteiger partial charge in [-0.15, -0.1) is 0 Å². The van der Waals surface area contributed by atoms with Crippen LogP contribution in [0.3, 0.4) is 0 Å². The molecule has 1 N–H and O–H groups in total. The molecule has 0 atom stereocenters. The maximum absolute atomic E-state index is 11.7. The number of hydrogen-bond acceptors (Lipinski definition) is 3. The number of rotatable bonds is 8. The van der Waals surface area contributed by atoms with Gasteiger partial charge >= 0.3 is 0 Å². The Morgan fingerprint density at radius 1 is 1.53 bits per heavy atom. The molecule has 0 aliphatic carbocycles. The SMILES string of the molecule is C=C(C)CN(CC)C(=O)CSCCCO. The Morgan fingerprint density at radius 3 is 2.67 bits per heavy atom. The molecule has 4 heteroatoms. The van der Waals surface area contributed by atoms with E-state index in [-0.39, 0.29) is 12.5 Å². The fourth-order valence-electron chi connectivity index (χ4n) is 1.12. The fraction of sp³-hybridized carbons (Fsp3) is 0.727. The largest absolute Gasteiger partial charge is 0.396 e. The summed E-state index contributed by atoms with van der Waals surface area (Å²) in [4.78, 5) is 13.5. The monoisotopic (exact) mass is 231 g/mol. The van der Waals surface area contributed by atoms with Crippen molar-refractivity contribution >= 4 is 17.7 Å². The zero-order valence-electron chi connectivity index (χ0n) is 9.66. The van der Waals surface area contributed by atoms with Crippen molar-refractivity contribution in [2.45, 2.75) is 20.3 Å². The summed E-state index contributed by atoms with van der Waals surface area (Å²) in [7, 11) is 0. The van der Waals surface area contributed by atoms with Crippen LogP contribution in [-0.4, -0.2) is 47.1 Å². The number of aliphatic hydroxyl groups is 1. The predicted octanol–water partition coefficient (Wildman–Crippen LogP) is 1.53. The van der Waals surface area contributed by atoms with E-state index in [1.807, 2.05) is 13.8 Å². The number of aliphatic hydroxyl groups excluding tert-OH is 1. The summed E-state index contributed by atoms with van der Waals surface area (Å²) in [5, 5.41) is 8.59. The first-order valence-corrected chi connectivity index (χ1v) is 6.38. The van der Waals surface area contributed by atoms with Gasteiger partial charge in [0.15, 0.2) is 0 Å². The van der Waals surface area contributed by atoms with Crippen LogP contribution in [0.4, 0.5) is 0 Å². The first-order chi connectivity index (χ1) is 7.11. The second kappa shape index (κ2) is 8.80. The third-order valence-corrected chi connectivity index (χ3v) is 2.90. The summed E-state index contributed by atoms with van der Waals surface area (Å²) in [6.45, 7) is 9.27. The molecule has 0 saturated heterocycles. The molecule has 0 saturated carbocycles. The molecule has 0 bridgehead atoms. The van der Waals surface area contributed by atoms with Crippen molar-refractivity contribution in [2.75, 3.05) is 31.2 Å². The van der Waals surface area contributed by atoms with Gasteiger partial charge in [-0.3, -0.25) is 4.79 Å². The van der Waals surface area contributed by atoms with Crippen LogP contribution < -0.4 is 0 Å². The molecule has 0 spiro atoms. The Kier molecular flexibility index (Phi) is 8.52. The number of thioether (sulfide) groups is 1. The van der Waals surface area contributed by atoms with Gasteiger partial charge in [-0.05, 0) is 26.0 Å². The van der Waals surface area contributed by atoms with E-state index in [9.17, 15) is 4.79 Å². The molecule has 3 nitrogen and oxygen atoms in total. The van der Waals surface area contributed by atoms with Crippen molar-refractivity contribution in [3.8, 4) is 0 Å². The lowest BCUT2D eigenvalue weighted by molar-refractivity contribution is -0.127. The molecule has 1 amide bonds. The molecule has 0 aliphatic heterocycles. The van der Waals surface area contributed by atoms with E-state index in [1.165, 1.54) is 0 Å². The Hall–Kier alpha value is -0.480. The quantitative estimate of drug-likeness (QED) is 0.509. The van der Waals surface area contributed by atoms with Gasteiger partial charge in [0.1, 0.15) is 0 Å². The molecular weight excluding hydrogens is 210 g/mol. The molecule has 0 unspecified atom stereocenters. The summed E-state index contributed by atoms with van der Waals surface area (Å²) in [6, 6.07) is 0. The van der Waals surface area contributed by atoms with Gasteiger partial charge in [0.25, 0.3) is 0 Å². The van der Waals surface area contributed by atoms with Crippen LogP contribution in [0.25, 0.3) is 0 Å². The highest BCUT2D eigenvalue weighted by atomic mass is 32.2. The second-order valence-corrected chi connectivity index (χ2v) is 4.60. The molecule has 15 heavy (non-hydrogen) atoms. The lowest BCUT2D eigenvalue weighted by Crippen LogP contribution is -2.33. The Balaban J connectivity index is 3.78. The lowest BCUT2D eigenvalue weighted by atomic mass is 10.3. The molecule has 0 aliphatic rings. The topological polar surface area (TPSA) is 40.5 Å². The molecule has 0 heterocycles. The second-order valence-electron chi connectivity index (χ2n) is 3.49. The molecule has 0 aromatic carbocycles. The van der Waals surface area contributed by atoms with E-state index in [0.29, 0.717) is 12.3 Å². The Morgan fingerprint density at radius 2 is 2.20 bits per heavy atom. The van der Waals surface area contributed by atoms with E-state index in [4.69, 9.17) is 5.11 Å². The predicted molar refractivity (Wildman–Crippen MR) is 66.1 cm³/mol. The normalized spacial score (nSPS) is 10.1. The van der Waals surface area contributed by atoms with E-state index >= 15 is 0 Å². The molecule has 0 radical (unpaired) electrons. The average Bonchev–Trinajstić information content (AvgIpc) is 2.20. The first-order valence-electron chi connectivity index (χ1n) is 5.22. The van der Waals surface area contributed by atoms with Crippen molar-refractivity contribution in [3.05, 3.63) is 12.2 Å². The molecule has 88 valence electrons. The molecule has 0 aromatic rings. The van der Waals surface area contributed by atoms with Gasteiger partial charge in [0.05, 0.1) is 5.75 Å². The minimum atomic E-state index is 0.156. The summed E-state index contributed by atoms with van der Waals surface area (Å²) < 4.78 is 0. The maximum Gasteiger partial charge on any atom is 0.232 e. The zero-order chi connectivity index (χ0) is 11.7. The highest BCUT2D eigenvalue weighted by Crippen LogP contribution is 2.05. The van der Waals surface area contributed by atoms with Crippen molar-refractivity contribution < 1.29 is 9.90 Å². The van der Waals surface area contributed by atoms with Crippen LogP contribution in [0.5, 0.6) is 0 Å². The fourth-order valence-corrected chi connectivity index (χ4v) is 1.95. The van der Waals surface area contributed by atoms with Crippen molar-refractivity contribution in [1.29, 1.82) is 0 Å². The smallest absolute Gasteiger partial charge is 0.232 e. The van der Waals surface area contributed by atoms with Crippen LogP contribution in [0.2, 0.25) is 0 Å². The third kappa shape index (κ3) is 7.45. The third-order valence-electron chi connectivity index (χ3n) is 1.87. The van der Waals surface area contributed by atoms with E-state index in [1.54, 1.807) is 16.7 Å². The summed E-state index contributed by atoms with van der Waals surface area (Å²) in [6.07, 6.45) is 0.755. The Bertz CT molecular complexity index is 207. The van der Waals surface area contributed by atoms with Crippen LogP contribution in [0.1, 0.15) is 20.3 Å². The van der Waals surface area contributed by atoms with Crippen molar-refractivity contribution in [1.82, 2.24) is 4.90 Å². The summed E-state index contributed by atoms with van der Waals surface area (Å²) in [5.74, 6) is 1.50. The molecule has 0 fully saturated rings. The maximum atomic E-state index is 11.7. The number of amides is 1. The van der Waals surface area contributed by atoms with Crippen LogP contribution in [0.15, 0.2) is 12.2 Å². The summed E-state index contributed by atoms with van der Waals surface area (Å²) in [5.41, 5.74) is 1.01. The van der Waals surface area contributed by atoms with E-state index in [0.717, 1.165) is 24.3 Å². The van der Waals surface area contributed by atoms with Crippen LogP contribution in [-0.2, 0) is 4.79 Å². The van der Waals surface area contributed by atoms with Gasteiger partial charge in [-0.25, -0.2) is 0 Å². The van der Waals surface area contributed by atoms with Crippen LogP contribution in [0, 0.1) is 0 Å². The van der Waals surface area contributed by atoms with Gasteiger partial charge in [-0.1, -0.05) is 12.2 Å². The number of nitrogens with zero attached hydrogens (tertiary/aromatic N) is 1. The minimum absolute atomic E-state index is 0.156. The number of carbonyl (C=O) groups is 1. The van der Waals surface area contributed by atoms with Crippen molar-refractivity contribution in [3.63, 3.8) is 0 Å². The number of hydrogen-bond donors (Lipinski definition) is 1. The van der Waals surface area contributed by atoms with Crippen LogP contribution >= 0.6 is 11.8 Å². The first kappa shape index (κ1) is 14.5. The average molecular weight is 231 g/mol. The molecule has 0 aromatic heterocycles. The standard InChI is InChI=1S/C11H21NO2S/c1-4-12(8-10(2)3)11(14)9-15-7-5-6-13/h13H,2,4-9H2,1,3H3. The van der Waals surface area contributed by atoms with Gasteiger partial charge in [-0.2, -0.15) is 11.8 Å². The van der Waals surface area contributed by atoms with Gasteiger partial charge in [0.2, 0.25) is 5.91 Å². The summed E-state index contributed by atoms with van der Waals surface area (Å²) >= 11 is 1.58. The molecular formula is C11H21NO2S. The highest BCUT2D eigenvalue weighted by Gasteiger charge is 2.10. The van der Waals surface area contributed by atoms with Crippen molar-refractivity contribution in [2.24, 2.45) is 0 Å². The van der Waals surface area contributed by atoms with E-state index < -0.39 is 0 Å². The van der Waals surface area contributed by atoms with E-state index in [2.05, 4.69) is 6.58 Å². The van der Waals surface area contributed by atoms with Gasteiger partial charge in [0, 0.05) is 19.7 Å². The lowest BCUT2D eigenvalue weighted by Gasteiger charge is -2.20. The zero-order valence-corrected chi connectivity index (χ0v) is 10.5. The highest BCUT2D eigenvalue weighted by molar-refractivity contribution is 7.99. The number of likely N-dealkylation sites (N-methyl/N-ethyl adjacent to an activating group) is 1. The minimum Gasteiger partial charge on any atom is -0.396 e. The molecule has 0 rings (SSSR count). The number of carbonyl (C=O) groups excluding carboxylic acids is 1.